The van der Waals surface area contributed by atoms with Crippen LogP contribution < -0.4 is 10.2 Å². The van der Waals surface area contributed by atoms with Gasteiger partial charge in [-0.05, 0) is 31.9 Å². The molecule has 1 aromatic carbocycles. The Kier molecular flexibility index (Phi) is 2.42. The predicted octanol–water partition coefficient (Wildman–Crippen LogP) is 1.68. The van der Waals surface area contributed by atoms with Crippen LogP contribution in [0.5, 0.6) is 0 Å². The topological polar surface area (TPSA) is 51.5 Å². The zero-order valence-corrected chi connectivity index (χ0v) is 9.57. The summed E-state index contributed by atoms with van der Waals surface area (Å²) in [6.07, 6.45) is 0. The summed E-state index contributed by atoms with van der Waals surface area (Å²) < 4.78 is 0. The first-order chi connectivity index (χ1) is 7.49. The van der Waals surface area contributed by atoms with Gasteiger partial charge in [0.25, 0.3) is 5.91 Å². The van der Waals surface area contributed by atoms with Gasteiger partial charge in [0.1, 0.15) is 6.54 Å². The molecule has 1 fully saturated rings. The summed E-state index contributed by atoms with van der Waals surface area (Å²) in [6, 6.07) is 3.54. The number of benzene rings is 1. The summed E-state index contributed by atoms with van der Waals surface area (Å²) in [5.74, 6) is -0.371. The normalized spacial score (nSPS) is 15.6. The van der Waals surface area contributed by atoms with Crippen molar-refractivity contribution in [2.75, 3.05) is 11.4 Å². The first-order valence-corrected chi connectivity index (χ1v) is 5.13. The molecule has 0 atom stereocenters. The molecule has 3 amide bonds. The molecular weight excluding hydrogens is 204 g/mol. The molecule has 0 spiro atoms. The minimum absolute atomic E-state index is 0.0591. The number of carbonyl (C=O) groups is 2. The van der Waals surface area contributed by atoms with Gasteiger partial charge in [0.2, 0.25) is 0 Å². The summed E-state index contributed by atoms with van der Waals surface area (Å²) in [6.45, 7) is 5.94. The summed E-state index contributed by atoms with van der Waals surface area (Å²) in [5.41, 5.74) is 3.95. The standard InChI is InChI=1S/C12H13N2O2/c1-7-4-8(2)11(9(3)5-7)14-6-10(15)13-12(14)16/h4-5H,6H2,1-3H3. The van der Waals surface area contributed by atoms with E-state index in [9.17, 15) is 9.59 Å². The fraction of sp³-hybridized carbons (Fsp3) is 0.333. The zero-order valence-electron chi connectivity index (χ0n) is 9.57. The zero-order chi connectivity index (χ0) is 11.9. The number of anilines is 1. The largest absolute Gasteiger partial charge is 0.351 e. The van der Waals surface area contributed by atoms with Crippen molar-refractivity contribution in [3.8, 4) is 0 Å². The van der Waals surface area contributed by atoms with Gasteiger partial charge in [-0.2, -0.15) is 5.32 Å². The number of nitrogens with zero attached hydrogens (tertiary/aromatic N) is 2. The van der Waals surface area contributed by atoms with E-state index < -0.39 is 6.03 Å². The van der Waals surface area contributed by atoms with E-state index in [1.54, 1.807) is 0 Å². The van der Waals surface area contributed by atoms with Crippen molar-refractivity contribution in [3.63, 3.8) is 0 Å². The van der Waals surface area contributed by atoms with Gasteiger partial charge >= 0.3 is 6.03 Å². The quantitative estimate of drug-likeness (QED) is 0.672. The van der Waals surface area contributed by atoms with Gasteiger partial charge in [-0.25, -0.2) is 4.79 Å². The summed E-state index contributed by atoms with van der Waals surface area (Å²) in [7, 11) is 0. The lowest BCUT2D eigenvalue weighted by Crippen LogP contribution is -2.26. The second-order valence-electron chi connectivity index (χ2n) is 4.12. The van der Waals surface area contributed by atoms with Gasteiger partial charge in [0.05, 0.1) is 5.69 Å². The van der Waals surface area contributed by atoms with E-state index in [0.29, 0.717) is 0 Å². The van der Waals surface area contributed by atoms with Crippen molar-refractivity contribution in [2.24, 2.45) is 0 Å². The van der Waals surface area contributed by atoms with Crippen LogP contribution >= 0.6 is 0 Å². The third-order valence-electron chi connectivity index (χ3n) is 2.65. The number of imide groups is 1. The Morgan fingerprint density at radius 1 is 1.12 bits per heavy atom. The Hall–Kier alpha value is -1.84. The number of rotatable bonds is 1. The smallest absolute Gasteiger partial charge is 0.282 e. The fourth-order valence-electron chi connectivity index (χ4n) is 2.18. The highest BCUT2D eigenvalue weighted by Crippen LogP contribution is 2.27. The molecule has 1 heterocycles. The van der Waals surface area contributed by atoms with Crippen LogP contribution in [0.3, 0.4) is 0 Å². The van der Waals surface area contributed by atoms with Crippen LogP contribution in [0, 0.1) is 20.8 Å². The molecule has 4 heteroatoms. The summed E-state index contributed by atoms with van der Waals surface area (Å²) >= 11 is 0. The third kappa shape index (κ3) is 1.66. The van der Waals surface area contributed by atoms with Crippen LogP contribution in [0.15, 0.2) is 12.1 Å². The molecule has 1 radical (unpaired) electrons. The molecule has 1 aromatic rings. The molecule has 0 unspecified atom stereocenters. The van der Waals surface area contributed by atoms with Crippen molar-refractivity contribution in [3.05, 3.63) is 28.8 Å². The summed E-state index contributed by atoms with van der Waals surface area (Å²) in [5, 5.41) is 3.40. The van der Waals surface area contributed by atoms with E-state index in [4.69, 9.17) is 0 Å². The van der Waals surface area contributed by atoms with E-state index in [1.807, 2.05) is 32.9 Å². The molecular formula is C12H13N2O2. The van der Waals surface area contributed by atoms with Crippen LogP contribution in [0.2, 0.25) is 0 Å². The highest BCUT2D eigenvalue weighted by atomic mass is 16.2. The van der Waals surface area contributed by atoms with E-state index in [-0.39, 0.29) is 12.5 Å². The Bertz CT molecular complexity index is 457. The highest BCUT2D eigenvalue weighted by molar-refractivity contribution is 6.12. The van der Waals surface area contributed by atoms with Gasteiger partial charge in [-0.3, -0.25) is 9.69 Å². The maximum atomic E-state index is 11.5. The molecule has 0 saturated carbocycles. The molecule has 1 aliphatic heterocycles. The van der Waals surface area contributed by atoms with Crippen LogP contribution in [0.25, 0.3) is 0 Å². The van der Waals surface area contributed by atoms with E-state index in [2.05, 4.69) is 5.32 Å². The fourth-order valence-corrected chi connectivity index (χ4v) is 2.18. The van der Waals surface area contributed by atoms with Gasteiger partial charge < -0.3 is 0 Å². The van der Waals surface area contributed by atoms with Gasteiger partial charge in [0.15, 0.2) is 0 Å². The van der Waals surface area contributed by atoms with Crippen molar-refractivity contribution in [1.82, 2.24) is 5.32 Å². The van der Waals surface area contributed by atoms with E-state index in [0.717, 1.165) is 22.4 Å². The van der Waals surface area contributed by atoms with Crippen molar-refractivity contribution in [1.29, 1.82) is 0 Å². The van der Waals surface area contributed by atoms with E-state index in [1.165, 1.54) is 4.90 Å². The second kappa shape index (κ2) is 3.63. The van der Waals surface area contributed by atoms with Gasteiger partial charge in [-0.15, -0.1) is 0 Å². The summed E-state index contributed by atoms with van der Waals surface area (Å²) in [4.78, 5) is 24.0. The minimum Gasteiger partial charge on any atom is -0.282 e. The number of carbonyl (C=O) groups excluding carboxylic acids is 2. The van der Waals surface area contributed by atoms with Crippen molar-refractivity contribution in [2.45, 2.75) is 20.8 Å². The monoisotopic (exact) mass is 217 g/mol. The van der Waals surface area contributed by atoms with Gasteiger partial charge in [0, 0.05) is 0 Å². The molecule has 0 bridgehead atoms. The van der Waals surface area contributed by atoms with Gasteiger partial charge in [-0.1, -0.05) is 17.7 Å². The Labute approximate surface area is 94.2 Å². The number of hydrogen-bond acceptors (Lipinski definition) is 2. The maximum absolute atomic E-state index is 11.5. The Morgan fingerprint density at radius 2 is 1.69 bits per heavy atom. The molecule has 0 aromatic heterocycles. The lowest BCUT2D eigenvalue weighted by atomic mass is 10.0. The molecule has 83 valence electrons. The van der Waals surface area contributed by atoms with Crippen LogP contribution in [0.1, 0.15) is 16.7 Å². The average molecular weight is 217 g/mol. The number of aryl methyl sites for hydroxylation is 3. The SMILES string of the molecule is Cc1cc(C)c(N2CC(=O)[N]C2=O)c(C)c1. The first-order valence-electron chi connectivity index (χ1n) is 5.13. The predicted molar refractivity (Wildman–Crippen MR) is 60.5 cm³/mol. The third-order valence-corrected chi connectivity index (χ3v) is 2.65. The van der Waals surface area contributed by atoms with E-state index >= 15 is 0 Å². The molecule has 0 N–H and O–H groups in total. The molecule has 0 aliphatic carbocycles. The maximum Gasteiger partial charge on any atom is 0.351 e. The molecule has 1 saturated heterocycles. The minimum atomic E-state index is -0.458. The van der Waals surface area contributed by atoms with Crippen molar-refractivity contribution < 1.29 is 9.59 Å². The van der Waals surface area contributed by atoms with Crippen molar-refractivity contribution >= 4 is 17.6 Å². The molecule has 16 heavy (non-hydrogen) atoms. The molecule has 4 nitrogen and oxygen atoms in total. The number of urea groups is 1. The highest BCUT2D eigenvalue weighted by Gasteiger charge is 2.31. The molecule has 2 rings (SSSR count). The first kappa shape index (κ1) is 10.7. The Morgan fingerprint density at radius 3 is 2.12 bits per heavy atom. The van der Waals surface area contributed by atoms with Crippen LogP contribution in [-0.2, 0) is 4.79 Å². The molecule has 1 aliphatic rings. The van der Waals surface area contributed by atoms with Crippen LogP contribution in [-0.4, -0.2) is 18.5 Å². The lowest BCUT2D eigenvalue weighted by molar-refractivity contribution is -0.117. The number of amides is 3. The Balaban J connectivity index is 2.48. The number of hydrogen-bond donors (Lipinski definition) is 0. The average Bonchev–Trinajstić information content (AvgIpc) is 2.43. The van der Waals surface area contributed by atoms with Crippen LogP contribution in [0.4, 0.5) is 10.5 Å². The second-order valence-corrected chi connectivity index (χ2v) is 4.12. The lowest BCUT2D eigenvalue weighted by Gasteiger charge is -2.19.